The molecule has 0 aromatic heterocycles. The molecule has 0 nitrogen and oxygen atoms in total. The molecular weight excluding hydrogens is 621 g/mol. The van der Waals surface area contributed by atoms with Crippen LogP contribution in [0.5, 0.6) is 0 Å². The van der Waals surface area contributed by atoms with Gasteiger partial charge >= 0.3 is 185 Å². The van der Waals surface area contributed by atoms with E-state index in [0.717, 1.165) is 0 Å². The molecule has 1 aromatic carbocycles. The van der Waals surface area contributed by atoms with Gasteiger partial charge in [0.1, 0.15) is 0 Å². The monoisotopic (exact) mass is 650 g/mol. The van der Waals surface area contributed by atoms with Gasteiger partial charge in [-0.15, -0.1) is 0 Å². The van der Waals surface area contributed by atoms with Gasteiger partial charge in [-0.3, -0.25) is 0 Å². The van der Waals surface area contributed by atoms with Gasteiger partial charge in [-0.2, -0.15) is 0 Å². The Labute approximate surface area is 182 Å². The summed E-state index contributed by atoms with van der Waals surface area (Å²) in [4.78, 5) is 0. The molecule has 2 aliphatic rings. The first kappa shape index (κ1) is 21.5. The van der Waals surface area contributed by atoms with E-state index < -0.39 is 11.9 Å². The number of rotatable bonds is 3. The molecule has 0 saturated heterocycles. The van der Waals surface area contributed by atoms with Crippen LogP contribution in [0.25, 0.3) is 6.08 Å². The molecule has 2 aliphatic carbocycles. The summed E-state index contributed by atoms with van der Waals surface area (Å²) in [6.07, 6.45) is 3.74. The molecule has 0 spiro atoms. The predicted octanol–water partition coefficient (Wildman–Crippen LogP) is 8.87. The van der Waals surface area contributed by atoms with Crippen molar-refractivity contribution in [1.29, 1.82) is 0 Å². The zero-order valence-electron chi connectivity index (χ0n) is 17.3. The second kappa shape index (κ2) is 7.24. The van der Waals surface area contributed by atoms with Gasteiger partial charge in [0.25, 0.3) is 0 Å². The van der Waals surface area contributed by atoms with E-state index in [4.69, 9.17) is 0 Å². The standard InChI is InChI=1S/C12H13.C11H17.2HI.Zr/c1-8-4-10(3)12-7-9(2)6-11(12)5-8;1-6-11-9(4)7(2)8(3)10(11)5;;;/h4-7H,1-3H3;6H2,1-5H3;2*1H;/q;;;;+2/p-2. The minimum absolute atomic E-state index is 0.322. The Morgan fingerprint density at radius 1 is 0.923 bits per heavy atom. The first-order valence-corrected chi connectivity index (χ1v) is 26.8. The van der Waals surface area contributed by atoms with Crippen LogP contribution in [0.3, 0.4) is 0 Å². The van der Waals surface area contributed by atoms with Crippen molar-refractivity contribution in [2.45, 2.75) is 68.6 Å². The van der Waals surface area contributed by atoms with Crippen LogP contribution < -0.4 is 0 Å². The third-order valence-corrected chi connectivity index (χ3v) is 34.6. The number of fused-ring (bicyclic) bond motifs is 1. The Balaban J connectivity index is 2.27. The number of hydrogen-bond donors (Lipinski definition) is 0. The average molecular weight is 652 g/mol. The number of allylic oxidation sites excluding steroid dienone is 5. The molecule has 0 bridgehead atoms. The van der Waals surface area contributed by atoms with Gasteiger partial charge in [-0.05, 0) is 0 Å². The molecule has 0 radical (unpaired) electrons. The molecule has 0 aliphatic heterocycles. The van der Waals surface area contributed by atoms with E-state index in [0.29, 0.717) is 6.75 Å². The Morgan fingerprint density at radius 3 is 1.96 bits per heavy atom. The Kier molecular flexibility index (Phi) is 5.98. The number of benzene rings is 1. The first-order chi connectivity index (χ1) is 12.0. The average Bonchev–Trinajstić information content (AvgIpc) is 2.97. The fourth-order valence-electron chi connectivity index (χ4n) is 5.48. The van der Waals surface area contributed by atoms with E-state index in [-0.39, 0.29) is 0 Å². The van der Waals surface area contributed by atoms with E-state index in [9.17, 15) is 0 Å². The van der Waals surface area contributed by atoms with Crippen LogP contribution in [0.2, 0.25) is 3.12 Å². The summed E-state index contributed by atoms with van der Waals surface area (Å²) in [6.45, 7) is 18.9. The summed E-state index contributed by atoms with van der Waals surface area (Å²) in [5, 5.41) is 0. The van der Waals surface area contributed by atoms with Crippen molar-refractivity contribution >= 4 is 42.2 Å². The number of aryl methyl sites for hydroxylation is 2. The maximum absolute atomic E-state index is 3.01. The summed E-state index contributed by atoms with van der Waals surface area (Å²) in [6, 6.07) is 4.83. The van der Waals surface area contributed by atoms with Crippen molar-refractivity contribution in [1.82, 2.24) is 0 Å². The third-order valence-electron chi connectivity index (χ3n) is 7.13. The molecule has 3 rings (SSSR count). The van der Waals surface area contributed by atoms with Crippen LogP contribution in [-0.4, -0.2) is 0 Å². The van der Waals surface area contributed by atoms with Crippen molar-refractivity contribution < 1.29 is 11.9 Å². The van der Waals surface area contributed by atoms with E-state index >= 15 is 0 Å². The van der Waals surface area contributed by atoms with Crippen molar-refractivity contribution in [3.8, 4) is 0 Å². The Bertz CT molecular complexity index is 860. The molecule has 1 aromatic rings. The molecule has 0 saturated carbocycles. The predicted molar refractivity (Wildman–Crippen MR) is 130 cm³/mol. The number of hydrogen-bond acceptors (Lipinski definition) is 0. The molecule has 26 heavy (non-hydrogen) atoms. The number of halogens is 2. The van der Waals surface area contributed by atoms with E-state index in [1.54, 1.807) is 33.4 Å². The first-order valence-electron chi connectivity index (χ1n) is 9.54. The molecule has 0 N–H and O–H groups in total. The van der Waals surface area contributed by atoms with Crippen LogP contribution in [-0.2, 0) is 11.9 Å². The normalized spacial score (nSPS) is 22.2. The molecule has 1 unspecified atom stereocenters. The maximum atomic E-state index is 3.01. The van der Waals surface area contributed by atoms with Crippen molar-refractivity contribution in [2.75, 3.05) is 0 Å². The van der Waals surface area contributed by atoms with Crippen molar-refractivity contribution in [3.05, 3.63) is 62.3 Å². The van der Waals surface area contributed by atoms with Crippen LogP contribution in [0.4, 0.5) is 0 Å². The van der Waals surface area contributed by atoms with Crippen LogP contribution in [0.1, 0.15) is 73.8 Å². The zero-order valence-corrected chi connectivity index (χ0v) is 24.0. The summed E-state index contributed by atoms with van der Waals surface area (Å²) in [7, 11) is 0. The van der Waals surface area contributed by atoms with Gasteiger partial charge < -0.3 is 0 Å². The third kappa shape index (κ3) is 2.80. The summed E-state index contributed by atoms with van der Waals surface area (Å²) in [5.74, 6) is 0. The second-order valence-corrected chi connectivity index (χ2v) is 47.2. The van der Waals surface area contributed by atoms with Gasteiger partial charge in [-0.1, -0.05) is 0 Å². The summed E-state index contributed by atoms with van der Waals surface area (Å²) < 4.78 is 0.978. The van der Waals surface area contributed by atoms with Gasteiger partial charge in [0.2, 0.25) is 0 Å². The van der Waals surface area contributed by atoms with Crippen LogP contribution in [0.15, 0.2) is 40.0 Å². The summed E-state index contributed by atoms with van der Waals surface area (Å²) >= 11 is 3.25. The van der Waals surface area contributed by atoms with E-state index in [2.05, 4.69) is 110 Å². The molecular formula is C23H30I2Zr. The van der Waals surface area contributed by atoms with Crippen LogP contribution in [0, 0.1) is 13.8 Å². The fraction of sp³-hybridized carbons (Fsp3) is 0.478. The second-order valence-electron chi connectivity index (χ2n) is 8.29. The molecule has 0 heterocycles. The van der Waals surface area contributed by atoms with Crippen LogP contribution >= 0.6 is 36.1 Å². The molecule has 0 fully saturated rings. The van der Waals surface area contributed by atoms with Crippen molar-refractivity contribution in [3.63, 3.8) is 0 Å². The molecule has 0 amide bonds. The molecule has 1 atom stereocenters. The summed E-state index contributed by atoms with van der Waals surface area (Å²) in [5.41, 5.74) is 14.0. The topological polar surface area (TPSA) is 0 Å². The van der Waals surface area contributed by atoms with Gasteiger partial charge in [0, 0.05) is 0 Å². The van der Waals surface area contributed by atoms with Crippen molar-refractivity contribution in [2.24, 2.45) is 0 Å². The fourth-order valence-corrected chi connectivity index (χ4v) is 38.3. The zero-order chi connectivity index (χ0) is 19.6. The van der Waals surface area contributed by atoms with Gasteiger partial charge in [0.15, 0.2) is 0 Å². The van der Waals surface area contributed by atoms with E-state index in [1.807, 2.05) is 0 Å². The van der Waals surface area contributed by atoms with E-state index in [1.165, 1.54) is 23.1 Å². The SMILES string of the molecule is CC[C]1([Zr]([I])([I])[CH]2C(C)=Cc3c(C)cc(C)cc32)C(C)=C(C)C(C)=C1C. The molecule has 140 valence electrons. The Morgan fingerprint density at radius 2 is 1.46 bits per heavy atom. The van der Waals surface area contributed by atoms with Gasteiger partial charge in [0.05, 0.1) is 0 Å². The molecule has 3 heteroatoms. The quantitative estimate of drug-likeness (QED) is 0.287. The minimum atomic E-state index is -2.76. The van der Waals surface area contributed by atoms with Gasteiger partial charge in [-0.25, -0.2) is 0 Å². The Hall–Kier alpha value is 0.783.